The van der Waals surface area contributed by atoms with Crippen molar-refractivity contribution in [3.05, 3.63) is 41.2 Å². The van der Waals surface area contributed by atoms with Crippen molar-refractivity contribution in [2.75, 3.05) is 13.3 Å². The molecule has 1 amide bonds. The fraction of sp³-hybridized carbons (Fsp3) is 0.474. The molecule has 6 nitrogen and oxygen atoms in total. The number of aromatic nitrogens is 2. The number of ether oxygens (including phenoxy) is 2. The summed E-state index contributed by atoms with van der Waals surface area (Å²) >= 11 is 0. The zero-order valence-corrected chi connectivity index (χ0v) is 15.9. The number of hydrogen-bond acceptors (Lipinski definition) is 4. The minimum atomic E-state index is -4.37. The summed E-state index contributed by atoms with van der Waals surface area (Å²) in [6.45, 7) is 1.96. The maximum Gasteiger partial charge on any atom is 0.397 e. The van der Waals surface area contributed by atoms with Crippen LogP contribution >= 0.6 is 0 Å². The number of fused-ring (bicyclic) bond motifs is 1. The summed E-state index contributed by atoms with van der Waals surface area (Å²) in [6, 6.07) is 5.86. The van der Waals surface area contributed by atoms with E-state index in [9.17, 15) is 22.4 Å². The quantitative estimate of drug-likeness (QED) is 0.705. The summed E-state index contributed by atoms with van der Waals surface area (Å²) in [5.41, 5.74) is 3.77. The number of carbonyl (C=O) groups is 1. The number of benzene rings is 1. The molecule has 158 valence electrons. The van der Waals surface area contributed by atoms with Crippen molar-refractivity contribution in [3.8, 4) is 11.8 Å². The van der Waals surface area contributed by atoms with Crippen LogP contribution in [-0.2, 0) is 18.4 Å². The number of rotatable bonds is 7. The second-order valence-corrected chi connectivity index (χ2v) is 7.30. The van der Waals surface area contributed by atoms with Gasteiger partial charge in [0.25, 0.3) is 11.9 Å². The van der Waals surface area contributed by atoms with Crippen LogP contribution in [-0.4, -0.2) is 41.0 Å². The largest absolute Gasteiger partial charge is 0.490 e. The monoisotopic (exact) mass is 415 g/mol. The zero-order valence-electron chi connectivity index (χ0n) is 15.9. The highest BCUT2D eigenvalue weighted by Crippen LogP contribution is 2.40. The molecular weight excluding hydrogens is 394 g/mol. The Hall–Kier alpha value is -2.78. The van der Waals surface area contributed by atoms with Crippen LogP contribution in [0.15, 0.2) is 24.3 Å². The molecule has 29 heavy (non-hydrogen) atoms. The van der Waals surface area contributed by atoms with Crippen LogP contribution in [0.4, 0.5) is 17.6 Å². The van der Waals surface area contributed by atoms with E-state index in [2.05, 4.69) is 4.98 Å². The van der Waals surface area contributed by atoms with Gasteiger partial charge in [0.05, 0.1) is 24.3 Å². The van der Waals surface area contributed by atoms with Gasteiger partial charge in [-0.3, -0.25) is 13.8 Å². The number of nitrogens with zero attached hydrogens (tertiary/aromatic N) is 2. The van der Waals surface area contributed by atoms with Crippen LogP contribution in [0, 0.1) is 0 Å². The lowest BCUT2D eigenvalue weighted by molar-refractivity contribution is -0.180. The molecule has 0 spiro atoms. The molecule has 0 unspecified atom stereocenters. The highest BCUT2D eigenvalue weighted by atomic mass is 19.4. The molecule has 1 aromatic carbocycles. The maximum absolute atomic E-state index is 13.1. The molecule has 0 fully saturated rings. The molecule has 2 aromatic rings. The van der Waals surface area contributed by atoms with Crippen LogP contribution in [0.25, 0.3) is 0 Å². The van der Waals surface area contributed by atoms with E-state index in [1.807, 2.05) is 0 Å². The summed E-state index contributed by atoms with van der Waals surface area (Å²) in [5, 5.41) is 0. The van der Waals surface area contributed by atoms with Crippen molar-refractivity contribution in [1.82, 2.24) is 9.55 Å². The fourth-order valence-electron chi connectivity index (χ4n) is 3.08. The molecule has 0 saturated heterocycles. The van der Waals surface area contributed by atoms with Gasteiger partial charge in [0.1, 0.15) is 12.4 Å². The third-order valence-electron chi connectivity index (χ3n) is 4.98. The van der Waals surface area contributed by atoms with E-state index < -0.39 is 30.3 Å². The van der Waals surface area contributed by atoms with Crippen LogP contribution in [0.1, 0.15) is 35.6 Å². The van der Waals surface area contributed by atoms with E-state index in [0.29, 0.717) is 18.0 Å². The molecule has 1 aromatic heterocycles. The minimum Gasteiger partial charge on any atom is -0.490 e. The fourth-order valence-corrected chi connectivity index (χ4v) is 3.08. The Morgan fingerprint density at radius 3 is 2.52 bits per heavy atom. The van der Waals surface area contributed by atoms with Crippen LogP contribution in [0.5, 0.6) is 11.8 Å². The molecule has 1 aliphatic rings. The molecule has 3 rings (SSSR count). The predicted molar refractivity (Wildman–Crippen MR) is 95.9 cm³/mol. The van der Waals surface area contributed by atoms with Gasteiger partial charge in [-0.2, -0.15) is 18.2 Å². The average Bonchev–Trinajstić information content (AvgIpc) is 3.18. The average molecular weight is 415 g/mol. The third kappa shape index (κ3) is 4.01. The summed E-state index contributed by atoms with van der Waals surface area (Å²) in [6.07, 6.45) is -4.82. The Balaban J connectivity index is 1.63. The number of amides is 1. The van der Waals surface area contributed by atoms with E-state index in [4.69, 9.17) is 15.2 Å². The molecule has 10 heteroatoms. The highest BCUT2D eigenvalue weighted by molar-refractivity contribution is 5.92. The van der Waals surface area contributed by atoms with Crippen molar-refractivity contribution in [3.63, 3.8) is 0 Å². The first-order chi connectivity index (χ1) is 13.5. The number of hydrogen-bond donors (Lipinski definition) is 1. The first-order valence-corrected chi connectivity index (χ1v) is 8.96. The lowest BCUT2D eigenvalue weighted by atomic mass is 9.84. The Morgan fingerprint density at radius 1 is 1.31 bits per heavy atom. The Labute approximate surface area is 164 Å². The van der Waals surface area contributed by atoms with Gasteiger partial charge in [-0.05, 0) is 31.5 Å². The predicted octanol–water partition coefficient (Wildman–Crippen LogP) is 3.17. The Morgan fingerprint density at radius 2 is 1.97 bits per heavy atom. The van der Waals surface area contributed by atoms with Gasteiger partial charge in [0.15, 0.2) is 11.8 Å². The second-order valence-electron chi connectivity index (χ2n) is 7.30. The molecule has 2 N–H and O–H groups in total. The number of carbonyl (C=O) groups excluding carboxylic acids is 1. The molecule has 0 saturated carbocycles. The Bertz CT molecular complexity index is 891. The lowest BCUT2D eigenvalue weighted by Crippen LogP contribution is -2.36. The molecule has 0 bridgehead atoms. The molecular formula is C19H21F4N3O3. The number of alkyl halides is 4. The van der Waals surface area contributed by atoms with E-state index in [1.54, 1.807) is 4.57 Å². The first kappa shape index (κ1) is 20.9. The van der Waals surface area contributed by atoms with Crippen molar-refractivity contribution in [2.45, 2.75) is 44.5 Å². The van der Waals surface area contributed by atoms with Gasteiger partial charge in [-0.15, -0.1) is 0 Å². The summed E-state index contributed by atoms with van der Waals surface area (Å²) < 4.78 is 65.0. The second kappa shape index (κ2) is 7.57. The Kier molecular flexibility index (Phi) is 5.46. The topological polar surface area (TPSA) is 79.4 Å². The van der Waals surface area contributed by atoms with Gasteiger partial charge in [0.2, 0.25) is 0 Å². The first-order valence-electron chi connectivity index (χ1n) is 8.96. The number of halogens is 4. The third-order valence-corrected chi connectivity index (χ3v) is 4.98. The van der Waals surface area contributed by atoms with Crippen molar-refractivity contribution in [2.24, 2.45) is 5.73 Å². The molecule has 1 atom stereocenters. The molecule has 1 aliphatic heterocycles. The van der Waals surface area contributed by atoms with E-state index in [0.717, 1.165) is 13.8 Å². The zero-order chi connectivity index (χ0) is 21.4. The molecule has 2 heterocycles. The summed E-state index contributed by atoms with van der Waals surface area (Å²) in [4.78, 5) is 15.4. The smallest absolute Gasteiger partial charge is 0.397 e. The van der Waals surface area contributed by atoms with Gasteiger partial charge in [0, 0.05) is 6.42 Å². The summed E-state index contributed by atoms with van der Waals surface area (Å²) in [7, 11) is 0. The number of imidazole rings is 1. The molecule has 0 aliphatic carbocycles. The SMILES string of the molecule is CC(C)(c1ccc(OC[C@@H]2Cn3c(nc(C(N)=O)c3CCF)O2)cc1)C(F)(F)F. The number of nitrogens with two attached hydrogens (primary N) is 1. The number of primary amides is 1. The van der Waals surface area contributed by atoms with Crippen molar-refractivity contribution in [1.29, 1.82) is 0 Å². The standard InChI is InChI=1S/C19H21F4N3O3/c1-18(2,19(21,22)23)11-3-5-12(6-4-11)28-10-13-9-26-14(7-8-20)15(16(24)27)25-17(26)29-13/h3-6,13H,7-10H2,1-2H3,(H2,24,27)/t13-/m0/s1. The van der Waals surface area contributed by atoms with E-state index in [-0.39, 0.29) is 30.3 Å². The molecule has 0 radical (unpaired) electrons. The lowest BCUT2D eigenvalue weighted by Gasteiger charge is -2.28. The van der Waals surface area contributed by atoms with Gasteiger partial charge >= 0.3 is 6.18 Å². The summed E-state index contributed by atoms with van der Waals surface area (Å²) in [5.74, 6) is -0.365. The van der Waals surface area contributed by atoms with Crippen LogP contribution < -0.4 is 15.2 Å². The van der Waals surface area contributed by atoms with E-state index >= 15 is 0 Å². The van der Waals surface area contributed by atoms with Crippen molar-refractivity contribution >= 4 is 5.91 Å². The van der Waals surface area contributed by atoms with Crippen molar-refractivity contribution < 1.29 is 31.8 Å². The van der Waals surface area contributed by atoms with Gasteiger partial charge < -0.3 is 15.2 Å². The maximum atomic E-state index is 13.1. The van der Waals surface area contributed by atoms with Gasteiger partial charge in [-0.25, -0.2) is 0 Å². The minimum absolute atomic E-state index is 0.0140. The van der Waals surface area contributed by atoms with Crippen LogP contribution in [0.2, 0.25) is 0 Å². The van der Waals surface area contributed by atoms with Gasteiger partial charge in [-0.1, -0.05) is 12.1 Å². The normalized spacial score (nSPS) is 16.4. The van der Waals surface area contributed by atoms with E-state index in [1.165, 1.54) is 24.3 Å². The van der Waals surface area contributed by atoms with Crippen LogP contribution in [0.3, 0.4) is 0 Å². The highest BCUT2D eigenvalue weighted by Gasteiger charge is 2.48.